The molecule has 2 nitrogen and oxygen atoms in total. The molecule has 0 unspecified atom stereocenters. The molecule has 0 aliphatic rings. The minimum Gasteiger partial charge on any atom is -0.508 e. The van der Waals surface area contributed by atoms with E-state index in [1.54, 1.807) is 19.2 Å². The number of aromatic hydroxyl groups is 1. The molecule has 0 amide bonds. The maximum Gasteiger partial charge on any atom is 0.122 e. The molecular weight excluding hydrogens is 283 g/mol. The molecule has 0 radical (unpaired) electrons. The van der Waals surface area contributed by atoms with Crippen molar-refractivity contribution in [2.45, 2.75) is 26.2 Å². The molecule has 1 aromatic carbocycles. The fourth-order valence-corrected chi connectivity index (χ4v) is 1.13. The van der Waals surface area contributed by atoms with Gasteiger partial charge >= 0.3 is 0 Å². The number of ether oxygens (including phenoxy) is 1. The van der Waals surface area contributed by atoms with Crippen molar-refractivity contribution in [1.29, 1.82) is 0 Å². The number of methoxy groups -OCH3 is 1. The minimum atomic E-state index is 0. The van der Waals surface area contributed by atoms with E-state index in [9.17, 15) is 5.11 Å². The summed E-state index contributed by atoms with van der Waals surface area (Å²) in [5.41, 5.74) is 1.11. The Labute approximate surface area is 124 Å². The van der Waals surface area contributed by atoms with Gasteiger partial charge in [0.1, 0.15) is 11.5 Å². The molecule has 0 aliphatic heterocycles. The summed E-state index contributed by atoms with van der Waals surface area (Å²) in [6, 6.07) is 5.32. The first-order chi connectivity index (χ1) is 5.93. The Morgan fingerprint density at radius 3 is 1.94 bits per heavy atom. The van der Waals surface area contributed by atoms with Gasteiger partial charge in [0.25, 0.3) is 0 Å². The molecule has 0 spiro atoms. The van der Waals surface area contributed by atoms with Crippen molar-refractivity contribution in [3.63, 3.8) is 0 Å². The summed E-state index contributed by atoms with van der Waals surface area (Å²) in [6.07, 6.45) is 0. The van der Waals surface area contributed by atoms with Crippen molar-refractivity contribution in [3.05, 3.63) is 23.8 Å². The number of hydrogen-bond acceptors (Lipinski definition) is 2. The van der Waals surface area contributed by atoms with Crippen LogP contribution in [0.2, 0.25) is 0 Å². The van der Waals surface area contributed by atoms with Gasteiger partial charge in [-0.25, -0.2) is 0 Å². The van der Waals surface area contributed by atoms with Crippen molar-refractivity contribution in [2.24, 2.45) is 0 Å². The summed E-state index contributed by atoms with van der Waals surface area (Å²) in [4.78, 5) is 0. The Hall–Kier alpha value is 0.114. The smallest absolute Gasteiger partial charge is 0.122 e. The van der Waals surface area contributed by atoms with Crippen LogP contribution in [0.3, 0.4) is 0 Å². The van der Waals surface area contributed by atoms with Crippen LogP contribution in [0.15, 0.2) is 18.2 Å². The van der Waals surface area contributed by atoms with E-state index in [4.69, 9.17) is 4.74 Å². The van der Waals surface area contributed by atoms with E-state index in [1.165, 1.54) is 0 Å². The molecule has 0 atom stereocenters. The molecule has 1 aromatic rings. The fourth-order valence-electron chi connectivity index (χ4n) is 1.13. The van der Waals surface area contributed by atoms with Crippen LogP contribution in [0.4, 0.5) is 0 Å². The predicted octanol–water partition coefficient (Wildman–Crippen LogP) is 3.54. The van der Waals surface area contributed by atoms with E-state index in [0.717, 1.165) is 5.56 Å². The molecule has 0 aromatic heterocycles. The molecule has 0 saturated carbocycles. The van der Waals surface area contributed by atoms with Gasteiger partial charge in [0.05, 0.1) is 7.11 Å². The second kappa shape index (κ2) is 8.24. The van der Waals surface area contributed by atoms with Crippen LogP contribution in [-0.2, 0) is 27.1 Å². The third-order valence-electron chi connectivity index (χ3n) is 1.99. The molecule has 0 heterocycles. The zero-order valence-electron chi connectivity index (χ0n) is 9.90. The van der Waals surface area contributed by atoms with Gasteiger partial charge in [0, 0.05) is 27.8 Å². The van der Waals surface area contributed by atoms with Crippen LogP contribution in [0.25, 0.3) is 0 Å². The van der Waals surface area contributed by atoms with Crippen LogP contribution in [0.5, 0.6) is 11.5 Å². The van der Waals surface area contributed by atoms with Gasteiger partial charge in [-0.05, 0) is 23.1 Å². The zero-order valence-corrected chi connectivity index (χ0v) is 13.1. The van der Waals surface area contributed by atoms with Gasteiger partial charge in [-0.3, -0.25) is 0 Å². The second-order valence-corrected chi connectivity index (χ2v) is 4.17. The second-order valence-electron chi connectivity index (χ2n) is 4.17. The SMILES string of the molecule is COc1cc(O)cc(C(C)(C)C)c1.Cl.Cl.[Ti]. The number of phenolic OH excluding ortho intramolecular Hbond substituents is 1. The maximum atomic E-state index is 9.41. The van der Waals surface area contributed by atoms with Crippen LogP contribution in [-0.4, -0.2) is 12.2 Å². The Morgan fingerprint density at radius 2 is 1.56 bits per heavy atom. The monoisotopic (exact) mass is 300 g/mol. The molecule has 16 heavy (non-hydrogen) atoms. The quantitative estimate of drug-likeness (QED) is 0.804. The Morgan fingerprint density at radius 1 is 1.06 bits per heavy atom. The van der Waals surface area contributed by atoms with E-state index in [2.05, 4.69) is 20.8 Å². The molecular formula is C11H18Cl2O2Ti. The average molecular weight is 301 g/mol. The van der Waals surface area contributed by atoms with Gasteiger partial charge < -0.3 is 9.84 Å². The molecule has 0 bridgehead atoms. The van der Waals surface area contributed by atoms with E-state index in [0.29, 0.717) is 5.75 Å². The largest absolute Gasteiger partial charge is 0.508 e. The number of phenols is 1. The van der Waals surface area contributed by atoms with Crippen LogP contribution in [0, 0.1) is 0 Å². The van der Waals surface area contributed by atoms with E-state index in [1.807, 2.05) is 6.07 Å². The molecule has 1 rings (SSSR count). The van der Waals surface area contributed by atoms with E-state index in [-0.39, 0.29) is 57.7 Å². The third-order valence-corrected chi connectivity index (χ3v) is 1.99. The number of hydrogen-bond donors (Lipinski definition) is 1. The molecule has 1 N–H and O–H groups in total. The van der Waals surface area contributed by atoms with Gasteiger partial charge in [-0.15, -0.1) is 24.8 Å². The van der Waals surface area contributed by atoms with Gasteiger partial charge in [-0.2, -0.15) is 0 Å². The first-order valence-corrected chi connectivity index (χ1v) is 4.32. The molecule has 5 heteroatoms. The van der Waals surface area contributed by atoms with E-state index < -0.39 is 0 Å². The zero-order chi connectivity index (χ0) is 10.1. The van der Waals surface area contributed by atoms with Crippen LogP contribution < -0.4 is 4.74 Å². The Bertz CT molecular complexity index is 311. The van der Waals surface area contributed by atoms with Gasteiger partial charge in [0.2, 0.25) is 0 Å². The molecule has 0 aliphatic carbocycles. The van der Waals surface area contributed by atoms with Crippen molar-refractivity contribution in [2.75, 3.05) is 7.11 Å². The number of rotatable bonds is 1. The maximum absolute atomic E-state index is 9.41. The number of benzene rings is 1. The van der Waals surface area contributed by atoms with Gasteiger partial charge in [-0.1, -0.05) is 20.8 Å². The van der Waals surface area contributed by atoms with Crippen molar-refractivity contribution in [1.82, 2.24) is 0 Å². The Balaban J connectivity index is -0.000000563. The van der Waals surface area contributed by atoms with Gasteiger partial charge in [0.15, 0.2) is 0 Å². The number of halogens is 2. The summed E-state index contributed by atoms with van der Waals surface area (Å²) in [5.74, 6) is 0.953. The van der Waals surface area contributed by atoms with Crippen molar-refractivity contribution in [3.8, 4) is 11.5 Å². The summed E-state index contributed by atoms with van der Waals surface area (Å²) >= 11 is 0. The van der Waals surface area contributed by atoms with Crippen LogP contribution in [0.1, 0.15) is 26.3 Å². The van der Waals surface area contributed by atoms with Crippen molar-refractivity contribution < 1.29 is 31.6 Å². The summed E-state index contributed by atoms with van der Waals surface area (Å²) in [7, 11) is 1.60. The average Bonchev–Trinajstić information content (AvgIpc) is 2.01. The first-order valence-electron chi connectivity index (χ1n) is 4.32. The van der Waals surface area contributed by atoms with E-state index >= 15 is 0 Å². The third kappa shape index (κ3) is 6.00. The summed E-state index contributed by atoms with van der Waals surface area (Å²) < 4.78 is 5.07. The van der Waals surface area contributed by atoms with Crippen LogP contribution >= 0.6 is 24.8 Å². The molecule has 92 valence electrons. The Kier molecular flexibility index (Phi) is 11.0. The predicted molar refractivity (Wildman–Crippen MR) is 67.9 cm³/mol. The minimum absolute atomic E-state index is 0. The molecule has 0 saturated heterocycles. The molecule has 0 fully saturated rings. The fraction of sp³-hybridized carbons (Fsp3) is 0.455. The summed E-state index contributed by atoms with van der Waals surface area (Å²) in [5, 5.41) is 9.41. The normalized spacial score (nSPS) is 9.25. The van der Waals surface area contributed by atoms with Crippen molar-refractivity contribution >= 4 is 24.8 Å². The summed E-state index contributed by atoms with van der Waals surface area (Å²) in [6.45, 7) is 6.30. The standard InChI is InChI=1S/C11H16O2.2ClH.Ti/c1-11(2,3)8-5-9(12)7-10(6-8)13-4;;;/h5-7,12H,1-4H3;2*1H;. The topological polar surface area (TPSA) is 29.5 Å². The first kappa shape index (κ1) is 21.4.